The Kier molecular flexibility index (Phi) is 4.12. The number of aromatic nitrogens is 1. The van der Waals surface area contributed by atoms with Gasteiger partial charge in [0.1, 0.15) is 5.75 Å². The zero-order chi connectivity index (χ0) is 13.0. The first-order valence-corrected chi connectivity index (χ1v) is 5.75. The third-order valence-corrected chi connectivity index (χ3v) is 2.52. The number of rotatable bonds is 4. The fraction of sp³-hybridized carbons (Fsp3) is 0.154. The van der Waals surface area contributed by atoms with Crippen molar-refractivity contribution in [3.8, 4) is 11.6 Å². The highest BCUT2D eigenvalue weighted by Gasteiger charge is 2.07. The molecule has 0 radical (unpaired) electrons. The second-order valence-electron chi connectivity index (χ2n) is 3.66. The second kappa shape index (κ2) is 5.80. The summed E-state index contributed by atoms with van der Waals surface area (Å²) in [4.78, 5) is 3.76. The molecule has 0 saturated carbocycles. The van der Waals surface area contributed by atoms with Crippen LogP contribution in [0.3, 0.4) is 0 Å². The molecule has 0 aliphatic rings. The first-order chi connectivity index (χ1) is 8.69. The van der Waals surface area contributed by atoms with E-state index < -0.39 is 5.82 Å². The largest absolute Gasteiger partial charge is 0.436 e. The van der Waals surface area contributed by atoms with Gasteiger partial charge in [0.25, 0.3) is 5.88 Å². The molecule has 18 heavy (non-hydrogen) atoms. The monoisotopic (exact) mass is 267 g/mol. The van der Waals surface area contributed by atoms with Crippen molar-refractivity contribution in [1.29, 1.82) is 0 Å². The summed E-state index contributed by atoms with van der Waals surface area (Å²) >= 11 is 5.59. The molecule has 2 aromatic rings. The van der Waals surface area contributed by atoms with Gasteiger partial charge in [0.15, 0.2) is 5.82 Å². The first-order valence-electron chi connectivity index (χ1n) is 5.38. The van der Waals surface area contributed by atoms with E-state index in [1.165, 1.54) is 6.20 Å². The number of benzene rings is 1. The smallest absolute Gasteiger partial charge is 0.255 e. The Morgan fingerprint density at radius 1 is 1.28 bits per heavy atom. The number of hydrogen-bond donors (Lipinski definition) is 1. The van der Waals surface area contributed by atoms with Crippen LogP contribution in [0.5, 0.6) is 11.6 Å². The predicted molar refractivity (Wildman–Crippen MR) is 66.5 cm³/mol. The van der Waals surface area contributed by atoms with Crippen LogP contribution in [0.2, 0.25) is 5.02 Å². The lowest BCUT2D eigenvalue weighted by molar-refractivity contribution is 0.299. The zero-order valence-corrected chi connectivity index (χ0v) is 10.2. The van der Waals surface area contributed by atoms with Gasteiger partial charge in [-0.1, -0.05) is 23.7 Å². The summed E-state index contributed by atoms with van der Waals surface area (Å²) in [6, 6.07) is 8.14. The van der Waals surface area contributed by atoms with Gasteiger partial charge in [-0.05, 0) is 30.2 Å². The topological polar surface area (TPSA) is 42.4 Å². The third-order valence-electron chi connectivity index (χ3n) is 2.31. The number of hydrogen-bond acceptors (Lipinski definition) is 3. The average Bonchev–Trinajstić information content (AvgIpc) is 2.35. The van der Waals surface area contributed by atoms with Crippen LogP contribution in [-0.2, 0) is 6.42 Å². The standard InChI is InChI=1S/C13H11ClFNO2/c14-10-7-12(15)13(16-8-10)18-11-3-1-9(2-4-11)5-6-17/h1-4,7-8,17H,5-6H2. The van der Waals surface area contributed by atoms with Gasteiger partial charge in [-0.25, -0.2) is 9.37 Å². The van der Waals surface area contributed by atoms with Crippen molar-refractivity contribution < 1.29 is 14.2 Å². The summed E-state index contributed by atoms with van der Waals surface area (Å²) in [7, 11) is 0. The Hall–Kier alpha value is -1.65. The van der Waals surface area contributed by atoms with E-state index >= 15 is 0 Å². The molecule has 1 aromatic heterocycles. The predicted octanol–water partition coefficient (Wildman–Crippen LogP) is 3.20. The minimum atomic E-state index is -0.609. The number of aliphatic hydroxyl groups excluding tert-OH is 1. The molecule has 3 nitrogen and oxygen atoms in total. The van der Waals surface area contributed by atoms with Gasteiger partial charge in [-0.15, -0.1) is 0 Å². The molecule has 0 unspecified atom stereocenters. The lowest BCUT2D eigenvalue weighted by atomic mass is 10.1. The third kappa shape index (κ3) is 3.18. The van der Waals surface area contributed by atoms with E-state index in [-0.39, 0.29) is 17.5 Å². The Morgan fingerprint density at radius 3 is 2.61 bits per heavy atom. The summed E-state index contributed by atoms with van der Waals surface area (Å²) in [5.74, 6) is -0.248. The minimum Gasteiger partial charge on any atom is -0.436 e. The highest BCUT2D eigenvalue weighted by molar-refractivity contribution is 6.30. The molecule has 1 N–H and O–H groups in total. The van der Waals surface area contributed by atoms with Gasteiger partial charge < -0.3 is 9.84 Å². The van der Waals surface area contributed by atoms with Crippen molar-refractivity contribution in [3.63, 3.8) is 0 Å². The van der Waals surface area contributed by atoms with Crippen molar-refractivity contribution in [1.82, 2.24) is 4.98 Å². The second-order valence-corrected chi connectivity index (χ2v) is 4.10. The van der Waals surface area contributed by atoms with Crippen molar-refractivity contribution in [2.24, 2.45) is 0 Å². The van der Waals surface area contributed by atoms with E-state index in [0.717, 1.165) is 11.6 Å². The van der Waals surface area contributed by atoms with E-state index in [2.05, 4.69) is 4.98 Å². The summed E-state index contributed by atoms with van der Waals surface area (Å²) in [5.41, 5.74) is 0.981. The Labute approximate surface area is 109 Å². The van der Waals surface area contributed by atoms with Gasteiger partial charge in [0.2, 0.25) is 0 Å². The quantitative estimate of drug-likeness (QED) is 0.925. The summed E-state index contributed by atoms with van der Waals surface area (Å²) < 4.78 is 18.7. The fourth-order valence-electron chi connectivity index (χ4n) is 1.44. The van der Waals surface area contributed by atoms with Crippen molar-refractivity contribution in [2.45, 2.75) is 6.42 Å². The van der Waals surface area contributed by atoms with Crippen LogP contribution in [0.4, 0.5) is 4.39 Å². The Bertz CT molecular complexity index is 531. The molecule has 0 spiro atoms. The lowest BCUT2D eigenvalue weighted by Crippen LogP contribution is -1.93. The van der Waals surface area contributed by atoms with Gasteiger partial charge in [-0.3, -0.25) is 0 Å². The van der Waals surface area contributed by atoms with Crippen LogP contribution in [0, 0.1) is 5.82 Å². The first kappa shape index (κ1) is 12.8. The summed E-state index contributed by atoms with van der Waals surface area (Å²) in [6.45, 7) is 0.0908. The minimum absolute atomic E-state index is 0.0908. The van der Waals surface area contributed by atoms with Crippen molar-refractivity contribution >= 4 is 11.6 Å². The molecule has 5 heteroatoms. The molecule has 94 valence electrons. The number of halogens is 2. The average molecular weight is 268 g/mol. The number of nitrogens with zero attached hydrogens (tertiary/aromatic N) is 1. The maximum Gasteiger partial charge on any atom is 0.255 e. The summed E-state index contributed by atoms with van der Waals surface area (Å²) in [5, 5.41) is 9.00. The highest BCUT2D eigenvalue weighted by Crippen LogP contribution is 2.24. The molecule has 0 atom stereocenters. The van der Waals surface area contributed by atoms with E-state index in [4.69, 9.17) is 21.4 Å². The molecular formula is C13H11ClFNO2. The molecule has 0 aliphatic carbocycles. The van der Waals surface area contributed by atoms with Crippen LogP contribution in [-0.4, -0.2) is 16.7 Å². The molecule has 0 bridgehead atoms. The van der Waals surface area contributed by atoms with Crippen LogP contribution >= 0.6 is 11.6 Å². The van der Waals surface area contributed by atoms with Crippen LogP contribution in [0.15, 0.2) is 36.5 Å². The van der Waals surface area contributed by atoms with Gasteiger partial charge in [-0.2, -0.15) is 0 Å². The molecule has 0 saturated heterocycles. The molecule has 2 rings (SSSR count). The molecule has 0 amide bonds. The molecular weight excluding hydrogens is 257 g/mol. The molecule has 0 aliphatic heterocycles. The maximum atomic E-state index is 13.4. The maximum absolute atomic E-state index is 13.4. The van der Waals surface area contributed by atoms with E-state index in [1.807, 2.05) is 0 Å². The number of pyridine rings is 1. The Morgan fingerprint density at radius 2 is 2.00 bits per heavy atom. The number of ether oxygens (including phenoxy) is 1. The Balaban J connectivity index is 2.13. The van der Waals surface area contributed by atoms with Crippen molar-refractivity contribution in [3.05, 3.63) is 52.9 Å². The van der Waals surface area contributed by atoms with Gasteiger partial charge in [0, 0.05) is 12.8 Å². The normalized spacial score (nSPS) is 10.4. The van der Waals surface area contributed by atoms with Crippen LogP contribution in [0.1, 0.15) is 5.56 Å². The van der Waals surface area contributed by atoms with Crippen molar-refractivity contribution in [2.75, 3.05) is 6.61 Å². The molecule has 0 fully saturated rings. The van der Waals surface area contributed by atoms with Crippen LogP contribution < -0.4 is 4.74 Å². The molecule has 1 heterocycles. The van der Waals surface area contributed by atoms with Gasteiger partial charge >= 0.3 is 0 Å². The van der Waals surface area contributed by atoms with E-state index in [0.29, 0.717) is 12.2 Å². The van der Waals surface area contributed by atoms with E-state index in [1.54, 1.807) is 24.3 Å². The lowest BCUT2D eigenvalue weighted by Gasteiger charge is -2.06. The van der Waals surface area contributed by atoms with Crippen LogP contribution in [0.25, 0.3) is 0 Å². The van der Waals surface area contributed by atoms with Gasteiger partial charge in [0.05, 0.1) is 5.02 Å². The fourth-order valence-corrected chi connectivity index (χ4v) is 1.59. The molecule has 1 aromatic carbocycles. The summed E-state index contributed by atoms with van der Waals surface area (Å²) in [6.07, 6.45) is 1.90. The SMILES string of the molecule is OCCc1ccc(Oc2ncc(Cl)cc2F)cc1. The van der Waals surface area contributed by atoms with E-state index in [9.17, 15) is 4.39 Å². The highest BCUT2D eigenvalue weighted by atomic mass is 35.5. The zero-order valence-electron chi connectivity index (χ0n) is 9.44. The number of aliphatic hydroxyl groups is 1.